The highest BCUT2D eigenvalue weighted by molar-refractivity contribution is 5.97. The third kappa shape index (κ3) is 4.54. The molecule has 25 heavy (non-hydrogen) atoms. The summed E-state index contributed by atoms with van der Waals surface area (Å²) in [5.74, 6) is -0.487. The summed E-state index contributed by atoms with van der Waals surface area (Å²) in [6, 6.07) is 7.58. The summed E-state index contributed by atoms with van der Waals surface area (Å²) < 4.78 is 0. The van der Waals surface area contributed by atoms with Crippen molar-refractivity contribution in [3.05, 3.63) is 46.2 Å². The van der Waals surface area contributed by atoms with E-state index in [0.717, 1.165) is 0 Å². The molecule has 0 aliphatic carbocycles. The molecule has 0 spiro atoms. The van der Waals surface area contributed by atoms with Gasteiger partial charge >= 0.3 is 0 Å². The van der Waals surface area contributed by atoms with Crippen molar-refractivity contribution in [3.63, 3.8) is 0 Å². The molecule has 0 bridgehead atoms. The molecule has 1 aromatic rings. The fourth-order valence-electron chi connectivity index (χ4n) is 2.40. The monoisotopic (exact) mass is 343 g/mol. The predicted octanol–water partition coefficient (Wildman–Crippen LogP) is 1.10. The summed E-state index contributed by atoms with van der Waals surface area (Å²) in [5, 5.41) is 22.7. The van der Waals surface area contributed by atoms with E-state index in [9.17, 15) is 25.0 Å². The van der Waals surface area contributed by atoms with Crippen LogP contribution in [0.1, 0.15) is 6.92 Å². The number of carbonyl (C=O) groups is 2. The Balaban J connectivity index is 2.04. The van der Waals surface area contributed by atoms with E-state index in [4.69, 9.17) is 0 Å². The molecule has 1 aliphatic rings. The van der Waals surface area contributed by atoms with Gasteiger partial charge in [-0.05, 0) is 6.07 Å². The standard InChI is InChI=1S/C16H17N5O4/c1-12(22)19-5-7-20(8-6-19)16(23)13(10-17)11-18-14-3-2-4-15(9-14)21(24)25/h2-4,9,11,18H,5-8H2,1H3/b13-11-. The second kappa shape index (κ2) is 7.92. The third-order valence-corrected chi connectivity index (χ3v) is 3.80. The Morgan fingerprint density at radius 1 is 1.28 bits per heavy atom. The first-order valence-electron chi connectivity index (χ1n) is 7.58. The van der Waals surface area contributed by atoms with Gasteiger partial charge in [0.25, 0.3) is 11.6 Å². The molecule has 1 N–H and O–H groups in total. The van der Waals surface area contributed by atoms with Crippen LogP contribution in [0.25, 0.3) is 0 Å². The van der Waals surface area contributed by atoms with Gasteiger partial charge in [0.1, 0.15) is 11.6 Å². The second-order valence-electron chi connectivity index (χ2n) is 5.42. The maximum atomic E-state index is 12.4. The van der Waals surface area contributed by atoms with E-state index < -0.39 is 10.8 Å². The normalized spacial score (nSPS) is 14.6. The molecular weight excluding hydrogens is 326 g/mol. The molecule has 1 fully saturated rings. The quantitative estimate of drug-likeness (QED) is 0.378. The molecule has 130 valence electrons. The van der Waals surface area contributed by atoms with E-state index in [2.05, 4.69) is 5.32 Å². The van der Waals surface area contributed by atoms with Gasteiger partial charge < -0.3 is 15.1 Å². The van der Waals surface area contributed by atoms with E-state index in [1.54, 1.807) is 11.0 Å². The number of carbonyl (C=O) groups excluding carboxylic acids is 2. The minimum Gasteiger partial charge on any atom is -0.360 e. The summed E-state index contributed by atoms with van der Waals surface area (Å²) in [7, 11) is 0. The summed E-state index contributed by atoms with van der Waals surface area (Å²) in [5.41, 5.74) is 0.197. The van der Waals surface area contributed by atoms with Gasteiger partial charge in [0.05, 0.1) is 4.92 Å². The van der Waals surface area contributed by atoms with Gasteiger partial charge in [0.15, 0.2) is 0 Å². The third-order valence-electron chi connectivity index (χ3n) is 3.80. The van der Waals surface area contributed by atoms with Crippen molar-refractivity contribution in [1.82, 2.24) is 9.80 Å². The van der Waals surface area contributed by atoms with Crippen molar-refractivity contribution >= 4 is 23.2 Å². The summed E-state index contributed by atoms with van der Waals surface area (Å²) in [6.45, 7) is 3.04. The van der Waals surface area contributed by atoms with E-state index in [1.165, 1.54) is 36.2 Å². The van der Waals surface area contributed by atoms with Crippen molar-refractivity contribution in [3.8, 4) is 6.07 Å². The van der Waals surface area contributed by atoms with Crippen LogP contribution < -0.4 is 5.32 Å². The molecular formula is C16H17N5O4. The molecule has 1 saturated heterocycles. The van der Waals surface area contributed by atoms with Crippen molar-refractivity contribution in [2.75, 3.05) is 31.5 Å². The number of non-ortho nitro benzene ring substituents is 1. The summed E-state index contributed by atoms with van der Waals surface area (Å²) in [4.78, 5) is 37.1. The van der Waals surface area contributed by atoms with Crippen LogP contribution >= 0.6 is 0 Å². The second-order valence-corrected chi connectivity index (χ2v) is 5.42. The number of hydrogen-bond acceptors (Lipinski definition) is 6. The van der Waals surface area contributed by atoms with Crippen molar-refractivity contribution < 1.29 is 14.5 Å². The van der Waals surface area contributed by atoms with E-state index >= 15 is 0 Å². The zero-order valence-electron chi connectivity index (χ0n) is 13.6. The van der Waals surface area contributed by atoms with Gasteiger partial charge in [-0.15, -0.1) is 0 Å². The molecule has 1 aliphatic heterocycles. The van der Waals surface area contributed by atoms with Crippen LogP contribution in [0.5, 0.6) is 0 Å². The van der Waals surface area contributed by atoms with Crippen LogP contribution in [0, 0.1) is 21.4 Å². The number of nitro benzene ring substituents is 1. The largest absolute Gasteiger partial charge is 0.360 e. The number of nitriles is 1. The number of amides is 2. The molecule has 0 aromatic heterocycles. The van der Waals surface area contributed by atoms with Crippen molar-refractivity contribution in [2.45, 2.75) is 6.92 Å². The molecule has 0 unspecified atom stereocenters. The molecule has 0 radical (unpaired) electrons. The van der Waals surface area contributed by atoms with Crippen molar-refractivity contribution in [1.29, 1.82) is 5.26 Å². The van der Waals surface area contributed by atoms with Gasteiger partial charge in [-0.2, -0.15) is 5.26 Å². The van der Waals surface area contributed by atoms with E-state index in [-0.39, 0.29) is 17.2 Å². The van der Waals surface area contributed by atoms with Crippen LogP contribution in [0.3, 0.4) is 0 Å². The first kappa shape index (κ1) is 17.9. The lowest BCUT2D eigenvalue weighted by Gasteiger charge is -2.34. The number of nitrogens with one attached hydrogen (secondary N) is 1. The zero-order chi connectivity index (χ0) is 18.4. The molecule has 1 heterocycles. The predicted molar refractivity (Wildman–Crippen MR) is 89.2 cm³/mol. The Kier molecular flexibility index (Phi) is 5.68. The number of nitrogens with zero attached hydrogens (tertiary/aromatic N) is 4. The molecule has 2 rings (SSSR count). The minimum absolute atomic E-state index is 0.0458. The van der Waals surface area contributed by atoms with Crippen LogP contribution in [0.4, 0.5) is 11.4 Å². The van der Waals surface area contributed by atoms with E-state index in [1.807, 2.05) is 6.07 Å². The lowest BCUT2D eigenvalue weighted by Crippen LogP contribution is -2.50. The Morgan fingerprint density at radius 3 is 2.48 bits per heavy atom. The van der Waals surface area contributed by atoms with E-state index in [0.29, 0.717) is 31.9 Å². The smallest absolute Gasteiger partial charge is 0.271 e. The number of nitro groups is 1. The molecule has 9 heteroatoms. The van der Waals surface area contributed by atoms with Crippen LogP contribution in [-0.4, -0.2) is 52.7 Å². The number of hydrogen-bond donors (Lipinski definition) is 1. The topological polar surface area (TPSA) is 120 Å². The van der Waals surface area contributed by atoms with Crippen LogP contribution in [-0.2, 0) is 9.59 Å². The zero-order valence-corrected chi connectivity index (χ0v) is 13.6. The highest BCUT2D eigenvalue weighted by Crippen LogP contribution is 2.17. The average Bonchev–Trinajstić information content (AvgIpc) is 2.62. The van der Waals surface area contributed by atoms with Crippen LogP contribution in [0.2, 0.25) is 0 Å². The Bertz CT molecular complexity index is 760. The fraction of sp³-hybridized carbons (Fsp3) is 0.312. The Labute approximate surface area is 144 Å². The molecule has 1 aromatic carbocycles. The molecule has 0 atom stereocenters. The Morgan fingerprint density at radius 2 is 1.92 bits per heavy atom. The molecule has 0 saturated carbocycles. The first-order chi connectivity index (χ1) is 11.9. The fourth-order valence-corrected chi connectivity index (χ4v) is 2.40. The van der Waals surface area contributed by atoms with Gasteiger partial charge in [-0.25, -0.2) is 0 Å². The maximum absolute atomic E-state index is 12.4. The highest BCUT2D eigenvalue weighted by Gasteiger charge is 2.24. The van der Waals surface area contributed by atoms with Crippen LogP contribution in [0.15, 0.2) is 36.0 Å². The molecule has 9 nitrogen and oxygen atoms in total. The number of benzene rings is 1. The first-order valence-corrected chi connectivity index (χ1v) is 7.58. The SMILES string of the molecule is CC(=O)N1CCN(C(=O)/C(C#N)=C\Nc2cccc([N+](=O)[O-])c2)CC1. The van der Waals surface area contributed by atoms with Gasteiger partial charge in [-0.1, -0.05) is 6.07 Å². The van der Waals surface area contributed by atoms with Gasteiger partial charge in [0.2, 0.25) is 5.91 Å². The Hall–Kier alpha value is -3.41. The number of piperazine rings is 1. The number of anilines is 1. The molecule has 2 amide bonds. The van der Waals surface area contributed by atoms with Gasteiger partial charge in [-0.3, -0.25) is 19.7 Å². The lowest BCUT2D eigenvalue weighted by atomic mass is 10.2. The lowest BCUT2D eigenvalue weighted by molar-refractivity contribution is -0.384. The highest BCUT2D eigenvalue weighted by atomic mass is 16.6. The summed E-state index contributed by atoms with van der Waals surface area (Å²) in [6.07, 6.45) is 1.23. The minimum atomic E-state index is -0.528. The van der Waals surface area contributed by atoms with Gasteiger partial charge in [0, 0.05) is 57.1 Å². The summed E-state index contributed by atoms with van der Waals surface area (Å²) >= 11 is 0. The number of rotatable bonds is 4. The average molecular weight is 343 g/mol. The maximum Gasteiger partial charge on any atom is 0.271 e. The van der Waals surface area contributed by atoms with Crippen molar-refractivity contribution in [2.24, 2.45) is 0 Å².